The molecule has 3 rings (SSSR count). The van der Waals surface area contributed by atoms with Crippen LogP contribution in [0.5, 0.6) is 5.75 Å². The van der Waals surface area contributed by atoms with Crippen LogP contribution >= 0.6 is 0 Å². The molecule has 1 amide bonds. The summed E-state index contributed by atoms with van der Waals surface area (Å²) in [7, 11) is 1.51. The SMILES string of the molecule is COc1ccc(/C(O)=C2/C(=O)C(=O)NC2c2ccc(F)cc2)cc1. The quantitative estimate of drug-likeness (QED) is 0.516. The number of rotatable bonds is 3. The first kappa shape index (κ1) is 15.7. The van der Waals surface area contributed by atoms with Gasteiger partial charge in [0.15, 0.2) is 0 Å². The molecular weight excluding hydrogens is 313 g/mol. The highest BCUT2D eigenvalue weighted by atomic mass is 19.1. The van der Waals surface area contributed by atoms with Gasteiger partial charge in [0.25, 0.3) is 11.7 Å². The maximum absolute atomic E-state index is 13.1. The van der Waals surface area contributed by atoms with Gasteiger partial charge in [-0.3, -0.25) is 9.59 Å². The molecule has 1 heterocycles. The van der Waals surface area contributed by atoms with Gasteiger partial charge in [-0.1, -0.05) is 12.1 Å². The van der Waals surface area contributed by atoms with Gasteiger partial charge in [-0.15, -0.1) is 0 Å². The molecule has 0 saturated carbocycles. The van der Waals surface area contributed by atoms with Gasteiger partial charge in [0.1, 0.15) is 17.3 Å². The lowest BCUT2D eigenvalue weighted by atomic mass is 9.96. The van der Waals surface area contributed by atoms with Gasteiger partial charge in [0, 0.05) is 5.56 Å². The van der Waals surface area contributed by atoms with E-state index in [0.717, 1.165) is 0 Å². The van der Waals surface area contributed by atoms with Crippen LogP contribution in [-0.4, -0.2) is 23.9 Å². The second kappa shape index (κ2) is 6.16. The Morgan fingerprint density at radius 3 is 2.29 bits per heavy atom. The smallest absolute Gasteiger partial charge is 0.293 e. The lowest BCUT2D eigenvalue weighted by Crippen LogP contribution is -2.21. The Morgan fingerprint density at radius 1 is 1.08 bits per heavy atom. The first-order valence-corrected chi connectivity index (χ1v) is 7.19. The monoisotopic (exact) mass is 327 g/mol. The van der Waals surface area contributed by atoms with Crippen molar-refractivity contribution in [2.24, 2.45) is 0 Å². The molecule has 24 heavy (non-hydrogen) atoms. The molecule has 1 atom stereocenters. The molecule has 2 aromatic rings. The Morgan fingerprint density at radius 2 is 1.71 bits per heavy atom. The van der Waals surface area contributed by atoms with E-state index in [2.05, 4.69) is 5.32 Å². The topological polar surface area (TPSA) is 75.6 Å². The molecule has 0 aromatic heterocycles. The maximum Gasteiger partial charge on any atom is 0.293 e. The summed E-state index contributed by atoms with van der Waals surface area (Å²) in [5.41, 5.74) is 0.824. The molecule has 0 radical (unpaired) electrons. The van der Waals surface area contributed by atoms with Gasteiger partial charge < -0.3 is 15.2 Å². The van der Waals surface area contributed by atoms with Crippen molar-refractivity contribution in [3.8, 4) is 5.75 Å². The van der Waals surface area contributed by atoms with Crippen molar-refractivity contribution >= 4 is 17.4 Å². The summed E-state index contributed by atoms with van der Waals surface area (Å²) in [6.45, 7) is 0. The van der Waals surface area contributed by atoms with E-state index in [-0.39, 0.29) is 11.3 Å². The molecule has 2 aromatic carbocycles. The van der Waals surface area contributed by atoms with Crippen LogP contribution in [0.2, 0.25) is 0 Å². The molecule has 1 fully saturated rings. The third kappa shape index (κ3) is 2.74. The Hall–Kier alpha value is -3.15. The van der Waals surface area contributed by atoms with Crippen LogP contribution in [-0.2, 0) is 9.59 Å². The summed E-state index contributed by atoms with van der Waals surface area (Å²) in [5.74, 6) is -1.75. The molecule has 0 spiro atoms. The van der Waals surface area contributed by atoms with Crippen LogP contribution in [0.15, 0.2) is 54.1 Å². The minimum Gasteiger partial charge on any atom is -0.507 e. The van der Waals surface area contributed by atoms with E-state index in [4.69, 9.17) is 4.74 Å². The summed E-state index contributed by atoms with van der Waals surface area (Å²) in [6.07, 6.45) is 0. The number of nitrogens with one attached hydrogen (secondary N) is 1. The van der Waals surface area contributed by atoms with Crippen molar-refractivity contribution < 1.29 is 23.8 Å². The van der Waals surface area contributed by atoms with Gasteiger partial charge in [-0.25, -0.2) is 4.39 Å². The van der Waals surface area contributed by atoms with Gasteiger partial charge >= 0.3 is 0 Å². The molecule has 1 aliphatic heterocycles. The number of amides is 1. The molecule has 1 saturated heterocycles. The lowest BCUT2D eigenvalue weighted by molar-refractivity contribution is -0.133. The van der Waals surface area contributed by atoms with Crippen LogP contribution in [0.25, 0.3) is 5.76 Å². The number of halogens is 1. The normalized spacial score (nSPS) is 19.2. The molecule has 0 bridgehead atoms. The largest absolute Gasteiger partial charge is 0.507 e. The van der Waals surface area contributed by atoms with Crippen molar-refractivity contribution in [2.45, 2.75) is 6.04 Å². The van der Waals surface area contributed by atoms with Crippen LogP contribution in [0.4, 0.5) is 4.39 Å². The van der Waals surface area contributed by atoms with Crippen molar-refractivity contribution in [1.29, 1.82) is 0 Å². The first-order valence-electron chi connectivity index (χ1n) is 7.19. The first-order chi connectivity index (χ1) is 11.5. The molecule has 122 valence electrons. The second-order valence-corrected chi connectivity index (χ2v) is 5.28. The second-order valence-electron chi connectivity index (χ2n) is 5.28. The number of carbonyl (C=O) groups excluding carboxylic acids is 2. The van der Waals surface area contributed by atoms with Crippen molar-refractivity contribution in [1.82, 2.24) is 5.32 Å². The van der Waals surface area contributed by atoms with Crippen LogP contribution in [0.1, 0.15) is 17.2 Å². The molecule has 0 aliphatic carbocycles. The Balaban J connectivity index is 2.07. The average Bonchev–Trinajstić information content (AvgIpc) is 2.90. The number of methoxy groups -OCH3 is 1. The number of benzene rings is 2. The molecule has 5 nitrogen and oxygen atoms in total. The van der Waals surface area contributed by atoms with Gasteiger partial charge in [-0.05, 0) is 42.0 Å². The van der Waals surface area contributed by atoms with E-state index >= 15 is 0 Å². The fourth-order valence-electron chi connectivity index (χ4n) is 2.58. The van der Waals surface area contributed by atoms with E-state index in [1.165, 1.54) is 31.4 Å². The van der Waals surface area contributed by atoms with E-state index < -0.39 is 23.5 Å². The fourth-order valence-corrected chi connectivity index (χ4v) is 2.58. The highest BCUT2D eigenvalue weighted by molar-refractivity contribution is 6.46. The van der Waals surface area contributed by atoms with E-state index in [1.54, 1.807) is 24.3 Å². The minimum atomic E-state index is -0.826. The highest BCUT2D eigenvalue weighted by Crippen LogP contribution is 2.33. The van der Waals surface area contributed by atoms with Crippen molar-refractivity contribution in [2.75, 3.05) is 7.11 Å². The fraction of sp³-hybridized carbons (Fsp3) is 0.111. The molecular formula is C18H14FNO4. The summed E-state index contributed by atoms with van der Waals surface area (Å²) < 4.78 is 18.1. The highest BCUT2D eigenvalue weighted by Gasteiger charge is 2.39. The number of Topliss-reactive ketones (excluding diaryl/α,β-unsaturated/α-hetero) is 1. The number of ketones is 1. The number of hydrogen-bond donors (Lipinski definition) is 2. The molecule has 1 aliphatic rings. The Labute approximate surface area is 137 Å². The van der Waals surface area contributed by atoms with E-state index in [1.807, 2.05) is 0 Å². The number of aliphatic hydroxyl groups is 1. The summed E-state index contributed by atoms with van der Waals surface area (Å²) in [4.78, 5) is 23.9. The van der Waals surface area contributed by atoms with Crippen LogP contribution in [0, 0.1) is 5.82 Å². The zero-order valence-electron chi connectivity index (χ0n) is 12.7. The lowest BCUT2D eigenvalue weighted by Gasteiger charge is -2.13. The Bertz CT molecular complexity index is 825. The zero-order valence-corrected chi connectivity index (χ0v) is 12.7. The molecule has 2 N–H and O–H groups in total. The van der Waals surface area contributed by atoms with Crippen molar-refractivity contribution in [3.63, 3.8) is 0 Å². The number of aliphatic hydroxyl groups excluding tert-OH is 1. The van der Waals surface area contributed by atoms with Gasteiger partial charge in [-0.2, -0.15) is 0 Å². The third-order valence-electron chi connectivity index (χ3n) is 3.84. The Kier molecular flexibility index (Phi) is 4.04. The number of hydrogen-bond acceptors (Lipinski definition) is 4. The standard InChI is InChI=1S/C18H14FNO4/c1-24-13-8-4-11(5-9-13)16(21)14-15(20-18(23)17(14)22)10-2-6-12(19)7-3-10/h2-9,15,21H,1H3,(H,20,23)/b16-14-. The van der Waals surface area contributed by atoms with E-state index in [9.17, 15) is 19.1 Å². The molecule has 6 heteroatoms. The predicted octanol–water partition coefficient (Wildman–Crippen LogP) is 2.54. The van der Waals surface area contributed by atoms with Crippen LogP contribution in [0.3, 0.4) is 0 Å². The van der Waals surface area contributed by atoms with Crippen molar-refractivity contribution in [3.05, 3.63) is 71.0 Å². The van der Waals surface area contributed by atoms with Gasteiger partial charge in [0.2, 0.25) is 0 Å². The summed E-state index contributed by atoms with van der Waals surface area (Å²) in [5, 5.41) is 13.0. The zero-order chi connectivity index (χ0) is 17.3. The summed E-state index contributed by atoms with van der Waals surface area (Å²) >= 11 is 0. The van der Waals surface area contributed by atoms with E-state index in [0.29, 0.717) is 16.9 Å². The molecule has 1 unspecified atom stereocenters. The summed E-state index contributed by atoms with van der Waals surface area (Å²) in [6, 6.07) is 11.0. The average molecular weight is 327 g/mol. The van der Waals surface area contributed by atoms with Gasteiger partial charge in [0.05, 0.1) is 18.7 Å². The third-order valence-corrected chi connectivity index (χ3v) is 3.84. The van der Waals surface area contributed by atoms with Crippen LogP contribution < -0.4 is 10.1 Å². The predicted molar refractivity (Wildman–Crippen MR) is 84.8 cm³/mol. The number of ether oxygens (including phenoxy) is 1. The number of carbonyl (C=O) groups is 2. The minimum absolute atomic E-state index is 0.0585. The maximum atomic E-state index is 13.1.